The van der Waals surface area contributed by atoms with Crippen LogP contribution >= 0.6 is 0 Å². The predicted molar refractivity (Wildman–Crippen MR) is 109 cm³/mol. The highest BCUT2D eigenvalue weighted by atomic mass is 16.4. The number of H-pyrrole nitrogens is 1. The van der Waals surface area contributed by atoms with E-state index >= 15 is 0 Å². The van der Waals surface area contributed by atoms with Crippen LogP contribution in [0.1, 0.15) is 39.8 Å². The van der Waals surface area contributed by atoms with E-state index in [1.54, 1.807) is 13.8 Å². The van der Waals surface area contributed by atoms with Crippen molar-refractivity contribution >= 4 is 23.7 Å². The van der Waals surface area contributed by atoms with Gasteiger partial charge in [-0.15, -0.1) is 0 Å². The van der Waals surface area contributed by atoms with Gasteiger partial charge in [-0.3, -0.25) is 14.4 Å². The first kappa shape index (κ1) is 25.1. The Balaban J connectivity index is 2.64. The zero-order chi connectivity index (χ0) is 22.8. The number of nitrogens with one attached hydrogen (secondary N) is 4. The minimum atomic E-state index is -1.21. The Morgan fingerprint density at radius 1 is 1.13 bits per heavy atom. The summed E-state index contributed by atoms with van der Waals surface area (Å²) in [5.74, 6) is -2.94. The van der Waals surface area contributed by atoms with Crippen molar-refractivity contribution in [3.63, 3.8) is 0 Å². The molecule has 1 rings (SSSR count). The molecular weight excluding hydrogens is 392 g/mol. The van der Waals surface area contributed by atoms with E-state index in [4.69, 9.17) is 5.73 Å². The average Bonchev–Trinajstić information content (AvgIpc) is 3.15. The number of hydrogen-bond donors (Lipinski definition) is 6. The largest absolute Gasteiger partial charge is 0.480 e. The first-order valence-electron chi connectivity index (χ1n) is 9.84. The van der Waals surface area contributed by atoms with Gasteiger partial charge in [0.15, 0.2) is 0 Å². The number of aliphatic carboxylic acids is 1. The minimum absolute atomic E-state index is 0.0175. The van der Waals surface area contributed by atoms with Crippen LogP contribution in [-0.4, -0.2) is 63.4 Å². The van der Waals surface area contributed by atoms with Crippen molar-refractivity contribution in [2.75, 3.05) is 6.54 Å². The van der Waals surface area contributed by atoms with Crippen molar-refractivity contribution in [1.29, 1.82) is 0 Å². The summed E-state index contributed by atoms with van der Waals surface area (Å²) >= 11 is 0. The molecule has 0 saturated carbocycles. The number of carbonyl (C=O) groups excluding carboxylic acids is 3. The number of amides is 3. The van der Waals surface area contributed by atoms with E-state index in [0.29, 0.717) is 12.1 Å². The molecule has 3 unspecified atom stereocenters. The highest BCUT2D eigenvalue weighted by Crippen LogP contribution is 2.05. The number of hydrogen-bond acceptors (Lipinski definition) is 6. The summed E-state index contributed by atoms with van der Waals surface area (Å²) in [6.45, 7) is 6.96. The number of aromatic amines is 1. The first-order chi connectivity index (χ1) is 14.0. The van der Waals surface area contributed by atoms with Crippen molar-refractivity contribution in [2.24, 2.45) is 17.6 Å². The fourth-order valence-corrected chi connectivity index (χ4v) is 2.75. The molecule has 0 saturated heterocycles. The Bertz CT molecular complexity index is 719. The Hall–Kier alpha value is -2.95. The Morgan fingerprint density at radius 3 is 2.30 bits per heavy atom. The first-order valence-corrected chi connectivity index (χ1v) is 9.84. The molecule has 3 atom stereocenters. The summed E-state index contributed by atoms with van der Waals surface area (Å²) in [5, 5.41) is 16.8. The molecule has 0 fully saturated rings. The second kappa shape index (κ2) is 11.9. The number of carbonyl (C=O) groups is 4. The van der Waals surface area contributed by atoms with Crippen molar-refractivity contribution in [3.05, 3.63) is 18.2 Å². The number of aromatic nitrogens is 2. The van der Waals surface area contributed by atoms with Crippen molar-refractivity contribution in [1.82, 2.24) is 25.9 Å². The maximum Gasteiger partial charge on any atom is 0.326 e. The van der Waals surface area contributed by atoms with Gasteiger partial charge in [-0.05, 0) is 18.3 Å². The zero-order valence-electron chi connectivity index (χ0n) is 17.8. The number of nitrogens with two attached hydrogens (primary N) is 1. The van der Waals surface area contributed by atoms with Gasteiger partial charge < -0.3 is 31.8 Å². The second-order valence-corrected chi connectivity index (χ2v) is 7.92. The third-order valence-corrected chi connectivity index (χ3v) is 4.34. The fourth-order valence-electron chi connectivity index (χ4n) is 2.75. The molecule has 11 nitrogen and oxygen atoms in total. The van der Waals surface area contributed by atoms with Crippen LogP contribution in [0.5, 0.6) is 0 Å². The Morgan fingerprint density at radius 2 is 1.80 bits per heavy atom. The maximum atomic E-state index is 12.6. The van der Waals surface area contributed by atoms with Crippen LogP contribution in [0.3, 0.4) is 0 Å². The number of imidazole rings is 1. The lowest BCUT2D eigenvalue weighted by molar-refractivity contribution is -0.142. The van der Waals surface area contributed by atoms with Gasteiger partial charge in [-0.25, -0.2) is 9.78 Å². The molecular formula is C19H32N6O5. The van der Waals surface area contributed by atoms with Crippen LogP contribution in [0.25, 0.3) is 0 Å². The quantitative estimate of drug-likeness (QED) is 0.253. The highest BCUT2D eigenvalue weighted by Gasteiger charge is 2.29. The van der Waals surface area contributed by atoms with Gasteiger partial charge in [0.25, 0.3) is 0 Å². The van der Waals surface area contributed by atoms with Crippen molar-refractivity contribution in [2.45, 2.75) is 58.7 Å². The van der Waals surface area contributed by atoms with Gasteiger partial charge in [0.05, 0.1) is 18.9 Å². The fraction of sp³-hybridized carbons (Fsp3) is 0.632. The molecule has 0 radical (unpaired) electrons. The molecule has 168 valence electrons. The summed E-state index contributed by atoms with van der Waals surface area (Å²) in [6, 6.07) is -2.88. The maximum absolute atomic E-state index is 12.6. The number of rotatable bonds is 12. The standard InChI is InChI=1S/C19H32N6O5/c1-10(2)5-13(20)17(27)22-8-15(26)25-16(11(3)4)18(28)24-14(19(29)30)6-12-7-21-9-23-12/h7,9-11,13-14,16H,5-6,8,20H2,1-4H3,(H,21,23)(H,22,27)(H,24,28)(H,25,26)(H,29,30). The van der Waals surface area contributed by atoms with E-state index in [9.17, 15) is 24.3 Å². The van der Waals surface area contributed by atoms with E-state index in [-0.39, 0.29) is 24.8 Å². The van der Waals surface area contributed by atoms with E-state index in [0.717, 1.165) is 0 Å². The van der Waals surface area contributed by atoms with Gasteiger partial charge in [0.1, 0.15) is 12.1 Å². The lowest BCUT2D eigenvalue weighted by Crippen LogP contribution is -2.56. The molecule has 1 aromatic rings. The summed E-state index contributed by atoms with van der Waals surface area (Å²) in [5.41, 5.74) is 6.32. The Labute approximate surface area is 175 Å². The normalized spacial score (nSPS) is 14.1. The highest BCUT2D eigenvalue weighted by molar-refractivity contribution is 5.92. The minimum Gasteiger partial charge on any atom is -0.480 e. The number of carboxylic acid groups (broad SMARTS) is 1. The second-order valence-electron chi connectivity index (χ2n) is 7.92. The molecule has 0 aliphatic carbocycles. The van der Waals surface area contributed by atoms with Crippen LogP contribution in [0.4, 0.5) is 0 Å². The summed E-state index contributed by atoms with van der Waals surface area (Å²) < 4.78 is 0. The van der Waals surface area contributed by atoms with Gasteiger partial charge in [0, 0.05) is 18.3 Å². The number of nitrogens with zero attached hydrogens (tertiary/aromatic N) is 1. The monoisotopic (exact) mass is 424 g/mol. The lowest BCUT2D eigenvalue weighted by Gasteiger charge is -2.24. The molecule has 1 heterocycles. The number of carboxylic acids is 1. The third-order valence-electron chi connectivity index (χ3n) is 4.34. The van der Waals surface area contributed by atoms with Crippen LogP contribution in [-0.2, 0) is 25.6 Å². The lowest BCUT2D eigenvalue weighted by atomic mass is 10.0. The molecule has 3 amide bonds. The van der Waals surface area contributed by atoms with E-state index in [1.165, 1.54) is 12.5 Å². The van der Waals surface area contributed by atoms with Crippen LogP contribution < -0.4 is 21.7 Å². The van der Waals surface area contributed by atoms with E-state index < -0.39 is 41.8 Å². The molecule has 0 spiro atoms. The van der Waals surface area contributed by atoms with Crippen molar-refractivity contribution < 1.29 is 24.3 Å². The van der Waals surface area contributed by atoms with Gasteiger partial charge >= 0.3 is 5.97 Å². The topological polar surface area (TPSA) is 179 Å². The van der Waals surface area contributed by atoms with Crippen LogP contribution in [0.15, 0.2) is 12.5 Å². The van der Waals surface area contributed by atoms with E-state index in [1.807, 2.05) is 13.8 Å². The molecule has 0 aliphatic rings. The van der Waals surface area contributed by atoms with Gasteiger partial charge in [-0.1, -0.05) is 27.7 Å². The van der Waals surface area contributed by atoms with Gasteiger partial charge in [-0.2, -0.15) is 0 Å². The molecule has 30 heavy (non-hydrogen) atoms. The molecule has 11 heteroatoms. The summed E-state index contributed by atoms with van der Waals surface area (Å²) in [6.07, 6.45) is 3.38. The summed E-state index contributed by atoms with van der Waals surface area (Å²) in [7, 11) is 0. The van der Waals surface area contributed by atoms with Crippen molar-refractivity contribution in [3.8, 4) is 0 Å². The van der Waals surface area contributed by atoms with Crippen LogP contribution in [0, 0.1) is 11.8 Å². The smallest absolute Gasteiger partial charge is 0.326 e. The van der Waals surface area contributed by atoms with Gasteiger partial charge in [0.2, 0.25) is 17.7 Å². The molecule has 0 aromatic carbocycles. The van der Waals surface area contributed by atoms with Crippen LogP contribution in [0.2, 0.25) is 0 Å². The SMILES string of the molecule is CC(C)CC(N)C(=O)NCC(=O)NC(C(=O)NC(Cc1cnc[nH]1)C(=O)O)C(C)C. The third kappa shape index (κ3) is 8.60. The molecule has 0 bridgehead atoms. The molecule has 1 aromatic heterocycles. The zero-order valence-corrected chi connectivity index (χ0v) is 17.8. The van der Waals surface area contributed by atoms with E-state index in [2.05, 4.69) is 25.9 Å². The molecule has 0 aliphatic heterocycles. The Kier molecular flexibility index (Phi) is 9.96. The summed E-state index contributed by atoms with van der Waals surface area (Å²) in [4.78, 5) is 54.9. The molecule has 7 N–H and O–H groups in total. The average molecular weight is 425 g/mol. The predicted octanol–water partition coefficient (Wildman–Crippen LogP) is -0.848.